The zero-order valence-corrected chi connectivity index (χ0v) is 12.1. The van der Waals surface area contributed by atoms with Gasteiger partial charge in [0.25, 0.3) is 0 Å². The van der Waals surface area contributed by atoms with Crippen LogP contribution < -0.4 is 10.6 Å². The number of benzene rings is 1. The van der Waals surface area contributed by atoms with Crippen LogP contribution in [0.3, 0.4) is 0 Å². The molecule has 0 fully saturated rings. The van der Waals surface area contributed by atoms with E-state index in [1.54, 1.807) is 0 Å². The predicted molar refractivity (Wildman–Crippen MR) is 83.3 cm³/mol. The van der Waals surface area contributed by atoms with Crippen LogP contribution in [-0.2, 0) is 12.8 Å². The van der Waals surface area contributed by atoms with Gasteiger partial charge in [0.15, 0.2) is 0 Å². The van der Waals surface area contributed by atoms with Crippen molar-refractivity contribution >= 4 is 11.5 Å². The molecule has 0 amide bonds. The number of pyridine rings is 1. The van der Waals surface area contributed by atoms with Crippen LogP contribution in [0.15, 0.2) is 42.6 Å². The summed E-state index contributed by atoms with van der Waals surface area (Å²) >= 11 is 0. The number of hydrogen-bond donors (Lipinski definition) is 1. The van der Waals surface area contributed by atoms with Gasteiger partial charge in [-0.2, -0.15) is 0 Å². The van der Waals surface area contributed by atoms with E-state index in [-0.39, 0.29) is 6.04 Å². The molecule has 2 aromatic rings. The fourth-order valence-electron chi connectivity index (χ4n) is 3.04. The van der Waals surface area contributed by atoms with Gasteiger partial charge < -0.3 is 10.6 Å². The minimum atomic E-state index is 0.145. The number of anilines is 2. The Morgan fingerprint density at radius 3 is 2.90 bits per heavy atom. The molecule has 3 heteroatoms. The average molecular weight is 267 g/mol. The average Bonchev–Trinajstić information content (AvgIpc) is 2.75. The highest BCUT2D eigenvalue weighted by Gasteiger charge is 2.29. The zero-order chi connectivity index (χ0) is 14.1. The minimum absolute atomic E-state index is 0.145. The first-order chi connectivity index (χ1) is 9.66. The van der Waals surface area contributed by atoms with Gasteiger partial charge in [0.1, 0.15) is 5.82 Å². The van der Waals surface area contributed by atoms with Gasteiger partial charge in [0.2, 0.25) is 0 Å². The van der Waals surface area contributed by atoms with Gasteiger partial charge in [-0.15, -0.1) is 0 Å². The van der Waals surface area contributed by atoms with Crippen LogP contribution in [0, 0.1) is 0 Å². The van der Waals surface area contributed by atoms with E-state index < -0.39 is 0 Å². The van der Waals surface area contributed by atoms with Crippen LogP contribution in [0.2, 0.25) is 0 Å². The second-order valence-corrected chi connectivity index (χ2v) is 5.72. The van der Waals surface area contributed by atoms with Crippen molar-refractivity contribution in [3.8, 4) is 0 Å². The van der Waals surface area contributed by atoms with E-state index in [0.29, 0.717) is 6.04 Å². The summed E-state index contributed by atoms with van der Waals surface area (Å²) in [6, 6.07) is 13.3. The van der Waals surface area contributed by atoms with Crippen molar-refractivity contribution in [3.63, 3.8) is 0 Å². The van der Waals surface area contributed by atoms with Crippen LogP contribution in [0.5, 0.6) is 0 Å². The second kappa shape index (κ2) is 5.25. The highest BCUT2D eigenvalue weighted by atomic mass is 15.2. The second-order valence-electron chi connectivity index (χ2n) is 5.72. The number of hydrogen-bond acceptors (Lipinski definition) is 3. The highest BCUT2D eigenvalue weighted by molar-refractivity contribution is 5.70. The fourth-order valence-corrected chi connectivity index (χ4v) is 3.04. The number of aromatic nitrogens is 1. The van der Waals surface area contributed by atoms with Crippen LogP contribution in [0.4, 0.5) is 11.5 Å². The highest BCUT2D eigenvalue weighted by Crippen LogP contribution is 2.38. The lowest BCUT2D eigenvalue weighted by Crippen LogP contribution is -2.27. The van der Waals surface area contributed by atoms with Crippen molar-refractivity contribution in [1.82, 2.24) is 4.98 Å². The first-order valence-corrected chi connectivity index (χ1v) is 7.23. The van der Waals surface area contributed by atoms with Gasteiger partial charge in [0.05, 0.1) is 0 Å². The Kier molecular flexibility index (Phi) is 3.45. The summed E-state index contributed by atoms with van der Waals surface area (Å²) in [6.45, 7) is 4.29. The Hall–Kier alpha value is -1.87. The molecule has 0 bridgehead atoms. The van der Waals surface area contributed by atoms with Crippen LogP contribution in [0.1, 0.15) is 25.0 Å². The number of nitrogens with two attached hydrogens (primary N) is 1. The van der Waals surface area contributed by atoms with E-state index in [4.69, 9.17) is 5.73 Å². The third-order valence-electron chi connectivity index (χ3n) is 3.84. The normalized spacial score (nSPS) is 18.9. The smallest absolute Gasteiger partial charge is 0.136 e. The zero-order valence-electron chi connectivity index (χ0n) is 12.1. The summed E-state index contributed by atoms with van der Waals surface area (Å²) < 4.78 is 0. The van der Waals surface area contributed by atoms with Gasteiger partial charge in [-0.3, -0.25) is 0 Å². The molecule has 2 unspecified atom stereocenters. The molecule has 0 spiro atoms. The topological polar surface area (TPSA) is 42.1 Å². The maximum Gasteiger partial charge on any atom is 0.136 e. The van der Waals surface area contributed by atoms with Gasteiger partial charge in [-0.1, -0.05) is 24.3 Å². The lowest BCUT2D eigenvalue weighted by molar-refractivity contribution is 0.715. The minimum Gasteiger partial charge on any atom is -0.328 e. The predicted octanol–water partition coefficient (Wildman–Crippen LogP) is 3.05. The first kappa shape index (κ1) is 13.1. The van der Waals surface area contributed by atoms with Gasteiger partial charge in [0, 0.05) is 24.0 Å². The lowest BCUT2D eigenvalue weighted by atomic mass is 10.1. The summed E-state index contributed by atoms with van der Waals surface area (Å²) in [5.74, 6) is 1.06. The molecule has 104 valence electrons. The van der Waals surface area contributed by atoms with Crippen molar-refractivity contribution in [2.45, 2.75) is 38.8 Å². The third kappa shape index (κ3) is 2.29. The monoisotopic (exact) mass is 267 g/mol. The molecule has 0 aliphatic carbocycles. The van der Waals surface area contributed by atoms with E-state index in [0.717, 1.165) is 18.7 Å². The fraction of sp³-hybridized carbons (Fsp3) is 0.353. The van der Waals surface area contributed by atoms with Crippen LogP contribution in [-0.4, -0.2) is 17.1 Å². The van der Waals surface area contributed by atoms with Crippen molar-refractivity contribution in [2.24, 2.45) is 5.73 Å². The lowest BCUT2D eigenvalue weighted by Gasteiger charge is -2.26. The molecule has 2 atom stereocenters. The summed E-state index contributed by atoms with van der Waals surface area (Å²) in [4.78, 5) is 6.99. The van der Waals surface area contributed by atoms with E-state index in [2.05, 4.69) is 47.1 Å². The molecule has 2 heterocycles. The summed E-state index contributed by atoms with van der Waals surface area (Å²) in [6.07, 6.45) is 3.80. The molecule has 0 saturated carbocycles. The standard InChI is InChI=1S/C17H21N3/c1-12(18)10-15-7-5-9-19-17(15)20-13(2)11-14-6-3-4-8-16(14)20/h3-9,12-13H,10-11,18H2,1-2H3. The molecule has 1 aromatic carbocycles. The molecule has 3 rings (SSSR count). The maximum atomic E-state index is 5.97. The number of rotatable bonds is 3. The van der Waals surface area contributed by atoms with Crippen molar-refractivity contribution in [2.75, 3.05) is 4.90 Å². The maximum absolute atomic E-state index is 5.97. The van der Waals surface area contributed by atoms with E-state index in [9.17, 15) is 0 Å². The Balaban J connectivity index is 2.05. The molecule has 2 N–H and O–H groups in total. The van der Waals surface area contributed by atoms with E-state index in [1.165, 1.54) is 16.8 Å². The Bertz CT molecular complexity index is 607. The number of fused-ring (bicyclic) bond motifs is 1. The molecule has 1 aliphatic heterocycles. The van der Waals surface area contributed by atoms with E-state index >= 15 is 0 Å². The Labute approximate surface area is 120 Å². The molecule has 1 aliphatic rings. The summed E-state index contributed by atoms with van der Waals surface area (Å²) in [5.41, 5.74) is 9.89. The van der Waals surface area contributed by atoms with Crippen LogP contribution >= 0.6 is 0 Å². The van der Waals surface area contributed by atoms with Crippen LogP contribution in [0.25, 0.3) is 0 Å². The number of nitrogens with zero attached hydrogens (tertiary/aromatic N) is 2. The third-order valence-corrected chi connectivity index (χ3v) is 3.84. The Morgan fingerprint density at radius 1 is 1.30 bits per heavy atom. The van der Waals surface area contributed by atoms with E-state index in [1.807, 2.05) is 19.2 Å². The quantitative estimate of drug-likeness (QED) is 0.929. The molecule has 0 saturated heterocycles. The van der Waals surface area contributed by atoms with Crippen molar-refractivity contribution in [3.05, 3.63) is 53.7 Å². The molecular formula is C17H21N3. The summed E-state index contributed by atoms with van der Waals surface area (Å²) in [7, 11) is 0. The molecule has 0 radical (unpaired) electrons. The molecule has 3 nitrogen and oxygen atoms in total. The van der Waals surface area contributed by atoms with Gasteiger partial charge in [-0.05, 0) is 49.9 Å². The number of para-hydroxylation sites is 1. The largest absolute Gasteiger partial charge is 0.328 e. The Morgan fingerprint density at radius 2 is 2.10 bits per heavy atom. The SMILES string of the molecule is CC(N)Cc1cccnc1N1c2ccccc2CC1C. The molecular weight excluding hydrogens is 246 g/mol. The van der Waals surface area contributed by atoms with Crippen molar-refractivity contribution in [1.29, 1.82) is 0 Å². The first-order valence-electron chi connectivity index (χ1n) is 7.23. The summed E-state index contributed by atoms with van der Waals surface area (Å²) in [5, 5.41) is 0. The molecule has 1 aromatic heterocycles. The van der Waals surface area contributed by atoms with Gasteiger partial charge in [-0.25, -0.2) is 4.98 Å². The molecule has 20 heavy (non-hydrogen) atoms. The van der Waals surface area contributed by atoms with Gasteiger partial charge >= 0.3 is 0 Å². The van der Waals surface area contributed by atoms with Crippen molar-refractivity contribution < 1.29 is 0 Å².